The van der Waals surface area contributed by atoms with Crippen LogP contribution in [0.3, 0.4) is 0 Å². The summed E-state index contributed by atoms with van der Waals surface area (Å²) in [5, 5.41) is 12.0. The van der Waals surface area contributed by atoms with Gasteiger partial charge in [-0.3, -0.25) is 9.52 Å². The number of carbonyl (C=O) groups excluding carboxylic acids is 1. The zero-order valence-corrected chi connectivity index (χ0v) is 23.6. The Hall–Kier alpha value is -2.67. The van der Waals surface area contributed by atoms with Crippen LogP contribution in [0.25, 0.3) is 0 Å². The van der Waals surface area contributed by atoms with Gasteiger partial charge in [-0.2, -0.15) is 0 Å². The number of hydrogen-bond donors (Lipinski definition) is 3. The van der Waals surface area contributed by atoms with E-state index in [1.807, 2.05) is 19.1 Å². The summed E-state index contributed by atoms with van der Waals surface area (Å²) < 4.78 is 32.6. The first-order valence-corrected chi connectivity index (χ1v) is 17.8. The molecule has 0 unspecified atom stereocenters. The summed E-state index contributed by atoms with van der Waals surface area (Å²) in [4.78, 5) is 22.4. The predicted octanol–water partition coefficient (Wildman–Crippen LogP) is 2.82. The first-order chi connectivity index (χ1) is 17.5. The minimum atomic E-state index is -3.69. The van der Waals surface area contributed by atoms with Crippen molar-refractivity contribution >= 4 is 47.0 Å². The van der Waals surface area contributed by atoms with Gasteiger partial charge < -0.3 is 25.0 Å². The fraction of sp³-hybridized carbons (Fsp3) is 0.520. The number of hydrogen-bond acceptors (Lipinski definition) is 8. The van der Waals surface area contributed by atoms with Crippen LogP contribution in [0.15, 0.2) is 36.4 Å². The summed E-state index contributed by atoms with van der Waals surface area (Å²) in [7, 11) is -4.95. The smallest absolute Gasteiger partial charge is 0.258 e. The number of carbonyl (C=O) groups is 1. The van der Waals surface area contributed by atoms with E-state index < -0.39 is 30.5 Å². The normalized spacial score (nSPS) is 19.9. The average molecular weight is 548 g/mol. The molecule has 1 atom stereocenters. The lowest BCUT2D eigenvalue weighted by Gasteiger charge is -2.38. The maximum atomic E-state index is 13.5. The number of nitrogens with one attached hydrogen (secondary N) is 2. The maximum absolute atomic E-state index is 13.5. The van der Waals surface area contributed by atoms with Crippen molar-refractivity contribution in [3.63, 3.8) is 0 Å². The van der Waals surface area contributed by atoms with Gasteiger partial charge in [-0.05, 0) is 49.3 Å². The Morgan fingerprint density at radius 2 is 1.92 bits per heavy atom. The van der Waals surface area contributed by atoms with Crippen LogP contribution in [-0.4, -0.2) is 83.7 Å². The number of nitrogens with zero attached hydrogens (tertiary/aromatic N) is 3. The van der Waals surface area contributed by atoms with E-state index in [1.165, 1.54) is 0 Å². The maximum Gasteiger partial charge on any atom is 0.258 e. The van der Waals surface area contributed by atoms with Gasteiger partial charge in [0.2, 0.25) is 10.0 Å². The number of aromatic nitrogens is 1. The number of anilines is 4. The van der Waals surface area contributed by atoms with Crippen LogP contribution in [0.2, 0.25) is 25.2 Å². The van der Waals surface area contributed by atoms with Crippen LogP contribution in [0, 0.1) is 0 Å². The van der Waals surface area contributed by atoms with E-state index in [0.29, 0.717) is 29.4 Å². The van der Waals surface area contributed by atoms with Gasteiger partial charge in [0.1, 0.15) is 11.6 Å². The fourth-order valence-electron chi connectivity index (χ4n) is 4.63. The molecule has 0 saturated carbocycles. The van der Waals surface area contributed by atoms with Crippen molar-refractivity contribution in [2.75, 3.05) is 65.0 Å². The molecule has 0 aliphatic carbocycles. The third kappa shape index (κ3) is 7.22. The molecule has 3 heterocycles. The molecule has 1 aromatic carbocycles. The number of sulfonamides is 1. The molecule has 1 aromatic heterocycles. The predicted molar refractivity (Wildman–Crippen MR) is 150 cm³/mol. The highest BCUT2D eigenvalue weighted by molar-refractivity contribution is 7.92. The van der Waals surface area contributed by atoms with Crippen molar-refractivity contribution in [2.45, 2.75) is 38.2 Å². The van der Waals surface area contributed by atoms with Gasteiger partial charge in [-0.25, -0.2) is 13.4 Å². The molecule has 0 bridgehead atoms. The van der Waals surface area contributed by atoms with Crippen molar-refractivity contribution in [3.8, 4) is 0 Å². The second-order valence-corrected chi connectivity index (χ2v) is 17.7. The van der Waals surface area contributed by atoms with Crippen molar-refractivity contribution < 1.29 is 23.1 Å². The molecule has 0 radical (unpaired) electrons. The molecule has 2 aromatic rings. The average Bonchev–Trinajstić information content (AvgIpc) is 2.84. The van der Waals surface area contributed by atoms with Gasteiger partial charge in [0, 0.05) is 26.2 Å². The van der Waals surface area contributed by atoms with Crippen molar-refractivity contribution in [3.05, 3.63) is 42.0 Å². The Balaban J connectivity index is 1.58. The first kappa shape index (κ1) is 27.4. The summed E-state index contributed by atoms with van der Waals surface area (Å²) in [6.07, 6.45) is 0.113. The van der Waals surface area contributed by atoms with E-state index in [1.54, 1.807) is 24.3 Å². The highest BCUT2D eigenvalue weighted by Crippen LogP contribution is 2.32. The number of morpholine rings is 1. The van der Waals surface area contributed by atoms with E-state index in [4.69, 9.17) is 9.84 Å². The van der Waals surface area contributed by atoms with Gasteiger partial charge in [0.25, 0.3) is 5.91 Å². The zero-order chi connectivity index (χ0) is 26.6. The minimum absolute atomic E-state index is 0.113. The molecule has 12 heteroatoms. The molecule has 3 N–H and O–H groups in total. The van der Waals surface area contributed by atoms with Gasteiger partial charge in [0.15, 0.2) is 0 Å². The van der Waals surface area contributed by atoms with Gasteiger partial charge in [0.05, 0.1) is 50.1 Å². The topological polar surface area (TPSA) is 124 Å². The Labute approximate surface area is 220 Å². The van der Waals surface area contributed by atoms with Crippen LogP contribution in [0.4, 0.5) is 23.0 Å². The van der Waals surface area contributed by atoms with E-state index in [0.717, 1.165) is 44.1 Å². The molecule has 4 rings (SSSR count). The van der Waals surface area contributed by atoms with Crippen LogP contribution in [0.1, 0.15) is 17.3 Å². The Morgan fingerprint density at radius 3 is 2.62 bits per heavy atom. The molecule has 1 amide bonds. The lowest BCUT2D eigenvalue weighted by atomic mass is 10.1. The molecule has 2 aliphatic rings. The van der Waals surface area contributed by atoms with Crippen molar-refractivity contribution in [1.82, 2.24) is 4.98 Å². The van der Waals surface area contributed by atoms with Crippen LogP contribution >= 0.6 is 0 Å². The van der Waals surface area contributed by atoms with Gasteiger partial charge in [-0.1, -0.05) is 19.2 Å². The van der Waals surface area contributed by atoms with Crippen molar-refractivity contribution in [2.24, 2.45) is 0 Å². The molecule has 2 fully saturated rings. The van der Waals surface area contributed by atoms with E-state index in [2.05, 4.69) is 37.9 Å². The number of amides is 1. The molecule has 0 spiro atoms. The summed E-state index contributed by atoms with van der Waals surface area (Å²) in [5.41, 5.74) is 1.51. The summed E-state index contributed by atoms with van der Waals surface area (Å²) in [6, 6.07) is 12.7. The van der Waals surface area contributed by atoms with Gasteiger partial charge >= 0.3 is 0 Å². The van der Waals surface area contributed by atoms with Gasteiger partial charge in [-0.15, -0.1) is 0 Å². The number of aliphatic hydroxyl groups excluding tert-OH is 1. The minimum Gasteiger partial charge on any atom is -0.395 e. The number of benzene rings is 1. The van der Waals surface area contributed by atoms with E-state index in [-0.39, 0.29) is 12.0 Å². The molecule has 2 saturated heterocycles. The summed E-state index contributed by atoms with van der Waals surface area (Å²) in [5.74, 6) is 0.539. The highest BCUT2D eigenvalue weighted by Gasteiger charge is 2.29. The fourth-order valence-corrected chi connectivity index (χ4v) is 7.46. The first-order valence-electron chi connectivity index (χ1n) is 12.7. The standard InChI is InChI=1S/C25H37N5O5SSi/c1-19-18-30(9-13-35-19)24-6-4-5-23(26-24)27-25(32)21-8-7-20(28-36(33,34)14-12-31)17-22(21)29-10-15-37(2,3)16-11-29/h4-8,17,19,28,31H,9-16,18H2,1-3H3,(H,26,27,32)/t19-/m1/s1. The third-order valence-electron chi connectivity index (χ3n) is 6.87. The Morgan fingerprint density at radius 1 is 1.16 bits per heavy atom. The number of aliphatic hydroxyl groups is 1. The van der Waals surface area contributed by atoms with Crippen LogP contribution in [-0.2, 0) is 14.8 Å². The monoisotopic (exact) mass is 547 g/mol. The van der Waals surface area contributed by atoms with Crippen LogP contribution < -0.4 is 19.8 Å². The Kier molecular flexibility index (Phi) is 8.41. The van der Waals surface area contributed by atoms with Crippen LogP contribution in [0.5, 0.6) is 0 Å². The summed E-state index contributed by atoms with van der Waals surface area (Å²) in [6.45, 7) is 10.0. The Bertz CT molecular complexity index is 1220. The molecular weight excluding hydrogens is 510 g/mol. The lowest BCUT2D eigenvalue weighted by molar-refractivity contribution is 0.0529. The lowest BCUT2D eigenvalue weighted by Crippen LogP contribution is -2.43. The molecular formula is C25H37N5O5SSi. The third-order valence-corrected chi connectivity index (χ3v) is 11.3. The second-order valence-electron chi connectivity index (χ2n) is 10.5. The number of pyridine rings is 1. The SMILES string of the molecule is C[C@@H]1CN(c2cccc(NC(=O)c3ccc(NS(=O)(=O)CCO)cc3N3CC[Si](C)(C)CC3)n2)CCO1. The highest BCUT2D eigenvalue weighted by atomic mass is 32.2. The second kappa shape index (κ2) is 11.4. The number of rotatable bonds is 8. The zero-order valence-electron chi connectivity index (χ0n) is 21.7. The van der Waals surface area contributed by atoms with Crippen molar-refractivity contribution in [1.29, 1.82) is 0 Å². The van der Waals surface area contributed by atoms with E-state index >= 15 is 0 Å². The molecule has 2 aliphatic heterocycles. The number of ether oxygens (including phenoxy) is 1. The molecule has 10 nitrogen and oxygen atoms in total. The quantitative estimate of drug-likeness (QED) is 0.431. The summed E-state index contributed by atoms with van der Waals surface area (Å²) >= 11 is 0. The molecule has 37 heavy (non-hydrogen) atoms. The largest absolute Gasteiger partial charge is 0.395 e. The van der Waals surface area contributed by atoms with E-state index in [9.17, 15) is 13.2 Å². The molecule has 202 valence electrons.